The van der Waals surface area contributed by atoms with Crippen molar-refractivity contribution < 1.29 is 9.47 Å². The summed E-state index contributed by atoms with van der Waals surface area (Å²) in [5.41, 5.74) is 7.21. The molecule has 0 atom stereocenters. The average molecular weight is 397 g/mol. The zero-order valence-electron chi connectivity index (χ0n) is 14.5. The minimum atomic E-state index is 0.0614. The van der Waals surface area contributed by atoms with Crippen LogP contribution in [0.1, 0.15) is 0 Å². The van der Waals surface area contributed by atoms with E-state index in [2.05, 4.69) is 35.6 Å². The molecule has 0 fully saturated rings. The summed E-state index contributed by atoms with van der Waals surface area (Å²) in [6.07, 6.45) is 1.58. The van der Waals surface area contributed by atoms with Crippen molar-refractivity contribution in [2.45, 2.75) is 0 Å². The Balaban J connectivity index is 1.69. The van der Waals surface area contributed by atoms with Gasteiger partial charge in [-0.2, -0.15) is 5.21 Å². The molecule has 0 bridgehead atoms. The highest BCUT2D eigenvalue weighted by atomic mass is 35.5. The number of hydrogen-bond acceptors (Lipinski definition) is 9. The average Bonchev–Trinajstić information content (AvgIpc) is 3.26. The number of ether oxygens (including phenoxy) is 2. The number of hydrogen-bond donors (Lipinski definition) is 2. The molecule has 0 unspecified atom stereocenters. The van der Waals surface area contributed by atoms with Gasteiger partial charge in [-0.25, -0.2) is 9.97 Å². The molecule has 3 heterocycles. The number of benzene rings is 1. The molecular weight excluding hydrogens is 384 g/mol. The first-order chi connectivity index (χ1) is 13.7. The van der Waals surface area contributed by atoms with Crippen molar-refractivity contribution in [2.24, 2.45) is 0 Å². The highest BCUT2D eigenvalue weighted by molar-refractivity contribution is 6.31. The molecule has 28 heavy (non-hydrogen) atoms. The van der Waals surface area contributed by atoms with Crippen LogP contribution in [0.25, 0.3) is 22.9 Å². The molecule has 0 radical (unpaired) electrons. The maximum Gasteiger partial charge on any atom is 0.222 e. The van der Waals surface area contributed by atoms with Crippen LogP contribution in [0.3, 0.4) is 0 Å². The molecule has 4 aromatic rings. The van der Waals surface area contributed by atoms with Gasteiger partial charge < -0.3 is 15.2 Å². The molecule has 3 N–H and O–H groups in total. The lowest BCUT2D eigenvalue weighted by molar-refractivity contribution is 0.378. The lowest BCUT2D eigenvalue weighted by Crippen LogP contribution is -2.02. The van der Waals surface area contributed by atoms with Gasteiger partial charge in [-0.3, -0.25) is 4.98 Å². The van der Waals surface area contributed by atoms with Crippen LogP contribution < -0.4 is 15.2 Å². The molecule has 4 rings (SSSR count). The minimum Gasteiger partial charge on any atom is -0.493 e. The second-order valence-corrected chi connectivity index (χ2v) is 5.83. The third kappa shape index (κ3) is 3.40. The summed E-state index contributed by atoms with van der Waals surface area (Å²) < 4.78 is 11.0. The second kappa shape index (κ2) is 7.45. The molecule has 0 aliphatic carbocycles. The highest BCUT2D eigenvalue weighted by Crippen LogP contribution is 2.38. The van der Waals surface area contributed by atoms with Crippen molar-refractivity contribution in [1.29, 1.82) is 0 Å². The van der Waals surface area contributed by atoms with Gasteiger partial charge in [0.1, 0.15) is 5.69 Å². The first-order valence-corrected chi connectivity index (χ1v) is 8.37. The fourth-order valence-electron chi connectivity index (χ4n) is 2.44. The summed E-state index contributed by atoms with van der Waals surface area (Å²) in [4.78, 5) is 12.8. The van der Waals surface area contributed by atoms with E-state index in [0.29, 0.717) is 34.4 Å². The number of aromatic nitrogens is 7. The largest absolute Gasteiger partial charge is 0.493 e. The lowest BCUT2D eigenvalue weighted by atomic mass is 10.2. The summed E-state index contributed by atoms with van der Waals surface area (Å²) >= 11 is 6.32. The van der Waals surface area contributed by atoms with Gasteiger partial charge in [-0.1, -0.05) is 23.7 Å². The van der Waals surface area contributed by atoms with Gasteiger partial charge in [0.05, 0.1) is 7.11 Å². The van der Waals surface area contributed by atoms with Crippen molar-refractivity contribution in [3.8, 4) is 40.2 Å². The topological polar surface area (TPSA) is 138 Å². The van der Waals surface area contributed by atoms with Gasteiger partial charge in [0, 0.05) is 11.8 Å². The fraction of sp³-hybridized carbons (Fsp3) is 0.0588. The minimum absolute atomic E-state index is 0.0614. The second-order valence-electron chi connectivity index (χ2n) is 5.47. The van der Waals surface area contributed by atoms with E-state index < -0.39 is 0 Å². The Labute approximate surface area is 163 Å². The first kappa shape index (κ1) is 17.6. The monoisotopic (exact) mass is 396 g/mol. The molecule has 11 heteroatoms. The maximum absolute atomic E-state index is 6.32. The first-order valence-electron chi connectivity index (χ1n) is 8.00. The Kier molecular flexibility index (Phi) is 4.68. The molecule has 0 aliphatic heterocycles. The van der Waals surface area contributed by atoms with E-state index in [-0.39, 0.29) is 16.7 Å². The van der Waals surface area contributed by atoms with E-state index in [4.69, 9.17) is 26.8 Å². The van der Waals surface area contributed by atoms with Crippen molar-refractivity contribution >= 4 is 17.4 Å². The number of nitrogens with two attached hydrogens (primary N) is 1. The summed E-state index contributed by atoms with van der Waals surface area (Å²) in [7, 11) is 1.54. The fourth-order valence-corrected chi connectivity index (χ4v) is 2.65. The smallest absolute Gasteiger partial charge is 0.222 e. The number of anilines is 1. The SMILES string of the molecule is COc1ccccc1Oc1c(N)nc(-c2ccnc(-c3nn[nH]n3)c2)nc1Cl. The predicted octanol–water partition coefficient (Wildman–Crippen LogP) is 2.76. The molecule has 0 amide bonds. The molecule has 1 aromatic carbocycles. The lowest BCUT2D eigenvalue weighted by Gasteiger charge is -2.13. The molecule has 140 valence electrons. The molecule has 0 aliphatic rings. The number of methoxy groups -OCH3 is 1. The van der Waals surface area contributed by atoms with Gasteiger partial charge in [-0.15, -0.1) is 10.2 Å². The Bertz CT molecular complexity index is 1100. The molecular formula is C17H13ClN8O2. The summed E-state index contributed by atoms with van der Waals surface area (Å²) in [5, 5.41) is 13.8. The number of nitrogen functional groups attached to an aromatic ring is 1. The summed E-state index contributed by atoms with van der Waals surface area (Å²) in [6, 6.07) is 10.5. The summed E-state index contributed by atoms with van der Waals surface area (Å²) in [5.74, 6) is 1.85. The number of tetrazole rings is 1. The van der Waals surface area contributed by atoms with E-state index in [9.17, 15) is 0 Å². The van der Waals surface area contributed by atoms with Crippen molar-refractivity contribution in [2.75, 3.05) is 12.8 Å². The predicted molar refractivity (Wildman–Crippen MR) is 101 cm³/mol. The highest BCUT2D eigenvalue weighted by Gasteiger charge is 2.17. The molecule has 3 aromatic heterocycles. The van der Waals surface area contributed by atoms with Gasteiger partial charge in [0.2, 0.25) is 11.6 Å². The van der Waals surface area contributed by atoms with Crippen LogP contribution >= 0.6 is 11.6 Å². The molecule has 0 saturated carbocycles. The van der Waals surface area contributed by atoms with Crippen molar-refractivity contribution in [3.05, 3.63) is 47.7 Å². The number of nitrogens with zero attached hydrogens (tertiary/aromatic N) is 6. The van der Waals surface area contributed by atoms with Crippen molar-refractivity contribution in [1.82, 2.24) is 35.6 Å². The zero-order chi connectivity index (χ0) is 19.5. The van der Waals surface area contributed by atoms with Gasteiger partial charge in [0.25, 0.3) is 0 Å². The van der Waals surface area contributed by atoms with Crippen LogP contribution in [0.4, 0.5) is 5.82 Å². The number of nitrogens with one attached hydrogen (secondary N) is 1. The van der Waals surface area contributed by atoms with Gasteiger partial charge >= 0.3 is 0 Å². The zero-order valence-corrected chi connectivity index (χ0v) is 15.3. The third-order valence-electron chi connectivity index (χ3n) is 3.72. The normalized spacial score (nSPS) is 10.6. The Morgan fingerprint density at radius 2 is 1.89 bits per heavy atom. The van der Waals surface area contributed by atoms with Crippen LogP contribution in [-0.4, -0.2) is 42.7 Å². The van der Waals surface area contributed by atoms with Crippen LogP contribution in [0.2, 0.25) is 5.15 Å². The number of aromatic amines is 1. The van der Waals surface area contributed by atoms with E-state index in [0.717, 1.165) is 0 Å². The van der Waals surface area contributed by atoms with E-state index >= 15 is 0 Å². The number of H-pyrrole nitrogens is 1. The van der Waals surface area contributed by atoms with Crippen LogP contribution in [-0.2, 0) is 0 Å². The van der Waals surface area contributed by atoms with E-state index in [1.807, 2.05) is 6.07 Å². The maximum atomic E-state index is 6.32. The number of rotatable bonds is 5. The van der Waals surface area contributed by atoms with E-state index in [1.165, 1.54) is 7.11 Å². The number of para-hydroxylation sites is 2. The van der Waals surface area contributed by atoms with Gasteiger partial charge in [0.15, 0.2) is 28.3 Å². The number of halogens is 1. The van der Waals surface area contributed by atoms with Gasteiger partial charge in [-0.05, 0) is 29.5 Å². The van der Waals surface area contributed by atoms with Crippen LogP contribution in [0.15, 0.2) is 42.6 Å². The van der Waals surface area contributed by atoms with Crippen molar-refractivity contribution in [3.63, 3.8) is 0 Å². The molecule has 0 spiro atoms. The molecule has 0 saturated heterocycles. The standard InChI is InChI=1S/C17H13ClN8O2/c1-27-11-4-2-3-5-12(11)28-13-14(18)21-16(22-15(13)19)9-6-7-20-10(8-9)17-23-25-26-24-17/h2-8H,1H3,(H2,19,21,22)(H,23,24,25,26). The molecule has 10 nitrogen and oxygen atoms in total. The van der Waals surface area contributed by atoms with Crippen LogP contribution in [0.5, 0.6) is 17.2 Å². The Hall–Kier alpha value is -3.79. The Morgan fingerprint density at radius 3 is 2.61 bits per heavy atom. The number of pyridine rings is 1. The van der Waals surface area contributed by atoms with Crippen LogP contribution in [0, 0.1) is 0 Å². The quantitative estimate of drug-likeness (QED) is 0.487. The Morgan fingerprint density at radius 1 is 1.07 bits per heavy atom. The third-order valence-corrected chi connectivity index (χ3v) is 3.98. The summed E-state index contributed by atoms with van der Waals surface area (Å²) in [6.45, 7) is 0. The van der Waals surface area contributed by atoms with E-state index in [1.54, 1.807) is 36.5 Å².